The van der Waals surface area contributed by atoms with Crippen LogP contribution in [0.4, 0.5) is 23.2 Å². The Balaban J connectivity index is 1.62. The molecule has 11 heteroatoms. The number of rotatable bonds is 9. The van der Waals surface area contributed by atoms with Crippen molar-refractivity contribution in [3.63, 3.8) is 0 Å². The van der Waals surface area contributed by atoms with Crippen LogP contribution in [0.15, 0.2) is 72.8 Å². The SMILES string of the molecule is CCOCCOc1nc(-c2cccc(C(F)(F)F)c2)n(-c2ccc(NC(=O)c3ccc(F)cc3)cc2)n1. The number of carbonyl (C=O) groups excluding carboxylic acids is 1. The zero-order valence-electron chi connectivity index (χ0n) is 19.6. The van der Waals surface area contributed by atoms with Crippen LogP contribution in [0.25, 0.3) is 17.1 Å². The Labute approximate surface area is 209 Å². The quantitative estimate of drug-likeness (QED) is 0.227. The van der Waals surface area contributed by atoms with Crippen LogP contribution in [0.2, 0.25) is 0 Å². The number of benzene rings is 3. The Morgan fingerprint density at radius 1 is 1.00 bits per heavy atom. The monoisotopic (exact) mass is 514 g/mol. The maximum Gasteiger partial charge on any atom is 0.416 e. The van der Waals surface area contributed by atoms with Gasteiger partial charge in [-0.3, -0.25) is 4.79 Å². The van der Waals surface area contributed by atoms with Gasteiger partial charge in [-0.25, -0.2) is 9.07 Å². The van der Waals surface area contributed by atoms with Gasteiger partial charge in [0.05, 0.1) is 17.9 Å². The fourth-order valence-corrected chi connectivity index (χ4v) is 3.38. The molecule has 0 aliphatic rings. The minimum Gasteiger partial charge on any atom is -0.460 e. The molecule has 0 spiro atoms. The highest BCUT2D eigenvalue weighted by Gasteiger charge is 2.31. The van der Waals surface area contributed by atoms with E-state index in [1.807, 2.05) is 6.92 Å². The Kier molecular flexibility index (Phi) is 7.83. The first-order chi connectivity index (χ1) is 17.7. The number of carbonyl (C=O) groups is 1. The largest absolute Gasteiger partial charge is 0.460 e. The molecular formula is C26H22F4N4O3. The molecule has 4 rings (SSSR count). The Morgan fingerprint density at radius 2 is 1.73 bits per heavy atom. The molecule has 0 bridgehead atoms. The van der Waals surface area contributed by atoms with Gasteiger partial charge in [-0.15, -0.1) is 5.10 Å². The number of hydrogen-bond donors (Lipinski definition) is 1. The van der Waals surface area contributed by atoms with Gasteiger partial charge in [0.2, 0.25) is 0 Å². The average molecular weight is 514 g/mol. The van der Waals surface area contributed by atoms with Crippen molar-refractivity contribution in [3.8, 4) is 23.1 Å². The maximum atomic E-state index is 13.3. The molecule has 1 aromatic heterocycles. The van der Waals surface area contributed by atoms with Crippen molar-refractivity contribution in [3.05, 3.63) is 89.7 Å². The number of aromatic nitrogens is 3. The van der Waals surface area contributed by atoms with E-state index in [2.05, 4.69) is 15.4 Å². The summed E-state index contributed by atoms with van der Waals surface area (Å²) in [4.78, 5) is 16.7. The van der Waals surface area contributed by atoms with E-state index in [0.717, 1.165) is 12.1 Å². The number of anilines is 1. The first-order valence-corrected chi connectivity index (χ1v) is 11.3. The van der Waals surface area contributed by atoms with Gasteiger partial charge in [-0.05, 0) is 67.6 Å². The Bertz CT molecular complexity index is 1350. The van der Waals surface area contributed by atoms with Crippen LogP contribution in [0.1, 0.15) is 22.8 Å². The molecule has 192 valence electrons. The van der Waals surface area contributed by atoms with Crippen molar-refractivity contribution < 1.29 is 31.8 Å². The molecule has 1 heterocycles. The molecule has 0 saturated heterocycles. The number of amides is 1. The second-order valence-electron chi connectivity index (χ2n) is 7.76. The molecule has 1 amide bonds. The predicted molar refractivity (Wildman–Crippen MR) is 128 cm³/mol. The fourth-order valence-electron chi connectivity index (χ4n) is 3.38. The van der Waals surface area contributed by atoms with E-state index in [0.29, 0.717) is 24.6 Å². The van der Waals surface area contributed by atoms with E-state index in [-0.39, 0.29) is 29.6 Å². The first-order valence-electron chi connectivity index (χ1n) is 11.3. The van der Waals surface area contributed by atoms with Crippen LogP contribution in [0, 0.1) is 5.82 Å². The number of alkyl halides is 3. The third-order valence-electron chi connectivity index (χ3n) is 5.17. The van der Waals surface area contributed by atoms with Gasteiger partial charge >= 0.3 is 12.2 Å². The summed E-state index contributed by atoms with van der Waals surface area (Å²) in [5.74, 6) is -0.740. The van der Waals surface area contributed by atoms with E-state index in [9.17, 15) is 22.4 Å². The summed E-state index contributed by atoms with van der Waals surface area (Å²) in [6.45, 7) is 2.80. The lowest BCUT2D eigenvalue weighted by molar-refractivity contribution is -0.137. The number of ether oxygens (including phenoxy) is 2. The number of nitrogens with zero attached hydrogens (tertiary/aromatic N) is 3. The van der Waals surface area contributed by atoms with Crippen LogP contribution < -0.4 is 10.1 Å². The van der Waals surface area contributed by atoms with Gasteiger partial charge in [-0.1, -0.05) is 12.1 Å². The zero-order chi connectivity index (χ0) is 26.4. The first kappa shape index (κ1) is 25.8. The molecule has 0 aliphatic carbocycles. The van der Waals surface area contributed by atoms with Crippen molar-refractivity contribution in [2.75, 3.05) is 25.1 Å². The summed E-state index contributed by atoms with van der Waals surface area (Å²) in [6, 6.07) is 16.3. The van der Waals surface area contributed by atoms with Gasteiger partial charge in [-0.2, -0.15) is 18.2 Å². The van der Waals surface area contributed by atoms with Crippen molar-refractivity contribution in [1.82, 2.24) is 14.8 Å². The summed E-state index contributed by atoms with van der Waals surface area (Å²) in [5, 5.41) is 7.02. The van der Waals surface area contributed by atoms with Crippen molar-refractivity contribution in [2.45, 2.75) is 13.1 Å². The smallest absolute Gasteiger partial charge is 0.416 e. The molecule has 0 saturated carbocycles. The number of nitrogens with one attached hydrogen (secondary N) is 1. The lowest BCUT2D eigenvalue weighted by Gasteiger charge is -2.10. The molecule has 37 heavy (non-hydrogen) atoms. The number of hydrogen-bond acceptors (Lipinski definition) is 5. The lowest BCUT2D eigenvalue weighted by Crippen LogP contribution is -2.12. The molecule has 0 fully saturated rings. The van der Waals surface area contributed by atoms with Crippen molar-refractivity contribution in [1.29, 1.82) is 0 Å². The minimum atomic E-state index is -4.53. The van der Waals surface area contributed by atoms with Crippen molar-refractivity contribution >= 4 is 11.6 Å². The molecule has 7 nitrogen and oxygen atoms in total. The molecule has 1 N–H and O–H groups in total. The normalized spacial score (nSPS) is 11.4. The molecule has 3 aromatic carbocycles. The second-order valence-corrected chi connectivity index (χ2v) is 7.76. The van der Waals surface area contributed by atoms with E-state index < -0.39 is 23.5 Å². The summed E-state index contributed by atoms with van der Waals surface area (Å²) in [5.41, 5.74) is 0.571. The van der Waals surface area contributed by atoms with E-state index >= 15 is 0 Å². The Hall–Kier alpha value is -4.25. The Morgan fingerprint density at radius 3 is 2.41 bits per heavy atom. The molecule has 0 unspecified atom stereocenters. The maximum absolute atomic E-state index is 13.3. The topological polar surface area (TPSA) is 78.3 Å². The van der Waals surface area contributed by atoms with Gasteiger partial charge in [0.1, 0.15) is 12.4 Å². The second kappa shape index (κ2) is 11.2. The number of halogens is 4. The predicted octanol–water partition coefficient (Wildman–Crippen LogP) is 5.76. The highest BCUT2D eigenvalue weighted by atomic mass is 19.4. The zero-order valence-corrected chi connectivity index (χ0v) is 19.6. The van der Waals surface area contributed by atoms with E-state index in [4.69, 9.17) is 9.47 Å². The van der Waals surface area contributed by atoms with Gasteiger partial charge in [0.25, 0.3) is 5.91 Å². The highest BCUT2D eigenvalue weighted by Crippen LogP contribution is 2.33. The van der Waals surface area contributed by atoms with Crippen LogP contribution in [0.3, 0.4) is 0 Å². The third kappa shape index (κ3) is 6.50. The van der Waals surface area contributed by atoms with Gasteiger partial charge < -0.3 is 14.8 Å². The third-order valence-corrected chi connectivity index (χ3v) is 5.17. The molecular weight excluding hydrogens is 492 g/mol. The molecule has 4 aromatic rings. The van der Waals surface area contributed by atoms with Crippen LogP contribution >= 0.6 is 0 Å². The van der Waals surface area contributed by atoms with Crippen LogP contribution in [-0.4, -0.2) is 40.5 Å². The van der Waals surface area contributed by atoms with Crippen LogP contribution in [-0.2, 0) is 10.9 Å². The van der Waals surface area contributed by atoms with Crippen molar-refractivity contribution in [2.24, 2.45) is 0 Å². The van der Waals surface area contributed by atoms with Gasteiger partial charge in [0.15, 0.2) is 5.82 Å². The fraction of sp³-hybridized carbons (Fsp3) is 0.192. The highest BCUT2D eigenvalue weighted by molar-refractivity contribution is 6.04. The lowest BCUT2D eigenvalue weighted by atomic mass is 10.1. The average Bonchev–Trinajstić information content (AvgIpc) is 3.31. The van der Waals surface area contributed by atoms with E-state index in [1.54, 1.807) is 24.3 Å². The summed E-state index contributed by atoms with van der Waals surface area (Å²) in [7, 11) is 0. The molecule has 0 radical (unpaired) electrons. The van der Waals surface area contributed by atoms with E-state index in [1.165, 1.54) is 41.1 Å². The summed E-state index contributed by atoms with van der Waals surface area (Å²) >= 11 is 0. The molecule has 0 aliphatic heterocycles. The molecule has 0 atom stereocenters. The van der Waals surface area contributed by atoms with Gasteiger partial charge in [0, 0.05) is 23.4 Å². The van der Waals surface area contributed by atoms with Crippen LogP contribution in [0.5, 0.6) is 6.01 Å². The summed E-state index contributed by atoms with van der Waals surface area (Å²) in [6.07, 6.45) is -4.53. The minimum absolute atomic E-state index is 0.0270. The standard InChI is InChI=1S/C26H22F4N4O3/c1-2-36-14-15-37-25-32-23(18-4-3-5-19(16-18)26(28,29)30)34(33-25)22-12-10-21(11-13-22)31-24(35)17-6-8-20(27)9-7-17/h3-13,16H,2,14-15H2,1H3,(H,31,35). The summed E-state index contributed by atoms with van der Waals surface area (Å²) < 4.78 is 65.2.